The molecular weight excluding hydrogens is 233 g/mol. The molecule has 0 aliphatic heterocycles. The molecule has 2 aromatic rings. The molecule has 2 rings (SSSR count). The summed E-state index contributed by atoms with van der Waals surface area (Å²) in [5, 5.41) is 2.55. The first kappa shape index (κ1) is 12.1. The van der Waals surface area contributed by atoms with E-state index in [1.54, 1.807) is 18.2 Å². The number of methoxy groups -OCH3 is 1. The number of halogens is 1. The van der Waals surface area contributed by atoms with Crippen LogP contribution in [-0.2, 0) is 4.79 Å². The topological polar surface area (TPSA) is 38.3 Å². The van der Waals surface area contributed by atoms with Gasteiger partial charge in [-0.3, -0.25) is 4.79 Å². The van der Waals surface area contributed by atoms with Crippen LogP contribution in [0.25, 0.3) is 11.1 Å². The molecule has 2 aromatic carbocycles. The Labute approximate surface area is 104 Å². The van der Waals surface area contributed by atoms with Crippen molar-refractivity contribution in [2.24, 2.45) is 0 Å². The molecule has 4 heteroatoms. The summed E-state index contributed by atoms with van der Waals surface area (Å²) in [6.07, 6.45) is 0.619. The number of nitrogens with one attached hydrogen (secondary N) is 1. The summed E-state index contributed by atoms with van der Waals surface area (Å²) >= 11 is 0. The predicted octanol–water partition coefficient (Wildman–Crippen LogP) is 3.07. The third-order valence-corrected chi connectivity index (χ3v) is 2.59. The number of hydrogen-bond donors (Lipinski definition) is 1. The average Bonchev–Trinajstić information content (AvgIpc) is 2.40. The Balaban J connectivity index is 2.38. The zero-order valence-corrected chi connectivity index (χ0v) is 9.81. The Bertz CT molecular complexity index is 552. The third kappa shape index (κ3) is 2.48. The normalized spacial score (nSPS) is 9.89. The van der Waals surface area contributed by atoms with E-state index in [0.29, 0.717) is 17.8 Å². The van der Waals surface area contributed by atoms with E-state index in [4.69, 9.17) is 4.74 Å². The van der Waals surface area contributed by atoms with Crippen LogP contribution in [0.4, 0.5) is 10.1 Å². The molecule has 0 saturated heterocycles. The molecule has 0 saturated carbocycles. The van der Waals surface area contributed by atoms with Crippen molar-refractivity contribution >= 4 is 12.1 Å². The largest absolute Gasteiger partial charge is 0.496 e. The SMILES string of the molecule is COc1cc(F)ccc1-c1ccc(NC=O)cc1. The van der Waals surface area contributed by atoms with Crippen LogP contribution in [0.15, 0.2) is 42.5 Å². The van der Waals surface area contributed by atoms with Crippen LogP contribution in [0, 0.1) is 5.82 Å². The zero-order chi connectivity index (χ0) is 13.0. The number of amides is 1. The molecule has 3 nitrogen and oxygen atoms in total. The van der Waals surface area contributed by atoms with E-state index >= 15 is 0 Å². The highest BCUT2D eigenvalue weighted by atomic mass is 19.1. The van der Waals surface area contributed by atoms with Gasteiger partial charge in [-0.25, -0.2) is 4.39 Å². The lowest BCUT2D eigenvalue weighted by Gasteiger charge is -2.09. The molecule has 0 atom stereocenters. The van der Waals surface area contributed by atoms with Gasteiger partial charge in [0.05, 0.1) is 7.11 Å². The number of hydrogen-bond acceptors (Lipinski definition) is 2. The van der Waals surface area contributed by atoms with Gasteiger partial charge >= 0.3 is 0 Å². The minimum absolute atomic E-state index is 0.338. The predicted molar refractivity (Wildman–Crippen MR) is 68.1 cm³/mol. The minimum atomic E-state index is -0.338. The van der Waals surface area contributed by atoms with Crippen LogP contribution in [0.5, 0.6) is 5.75 Å². The van der Waals surface area contributed by atoms with Gasteiger partial charge in [0.2, 0.25) is 6.41 Å². The van der Waals surface area contributed by atoms with E-state index in [2.05, 4.69) is 5.32 Å². The number of ether oxygens (including phenoxy) is 1. The lowest BCUT2D eigenvalue weighted by Crippen LogP contribution is -1.93. The van der Waals surface area contributed by atoms with Gasteiger partial charge in [0.1, 0.15) is 11.6 Å². The van der Waals surface area contributed by atoms with Crippen molar-refractivity contribution in [2.45, 2.75) is 0 Å². The van der Waals surface area contributed by atoms with E-state index in [-0.39, 0.29) is 5.82 Å². The van der Waals surface area contributed by atoms with Crippen molar-refractivity contribution in [3.63, 3.8) is 0 Å². The Kier molecular flexibility index (Phi) is 3.57. The number of carbonyl (C=O) groups excluding carboxylic acids is 1. The summed E-state index contributed by atoms with van der Waals surface area (Å²) in [4.78, 5) is 10.3. The van der Waals surface area contributed by atoms with Crippen molar-refractivity contribution < 1.29 is 13.9 Å². The zero-order valence-electron chi connectivity index (χ0n) is 9.81. The maximum atomic E-state index is 13.1. The molecule has 0 aromatic heterocycles. The first-order valence-corrected chi connectivity index (χ1v) is 5.39. The van der Waals surface area contributed by atoms with E-state index < -0.39 is 0 Å². The second kappa shape index (κ2) is 5.31. The summed E-state index contributed by atoms with van der Waals surface area (Å²) in [7, 11) is 1.50. The molecule has 0 aliphatic rings. The van der Waals surface area contributed by atoms with Gasteiger partial charge in [-0.2, -0.15) is 0 Å². The summed E-state index contributed by atoms with van der Waals surface area (Å²) < 4.78 is 18.2. The molecule has 0 fully saturated rings. The molecule has 92 valence electrons. The van der Waals surface area contributed by atoms with E-state index in [9.17, 15) is 9.18 Å². The Morgan fingerprint density at radius 2 is 1.89 bits per heavy atom. The Morgan fingerprint density at radius 1 is 1.17 bits per heavy atom. The average molecular weight is 245 g/mol. The van der Waals surface area contributed by atoms with Gasteiger partial charge in [-0.05, 0) is 29.8 Å². The Morgan fingerprint density at radius 3 is 2.50 bits per heavy atom. The van der Waals surface area contributed by atoms with E-state index in [1.807, 2.05) is 12.1 Å². The van der Waals surface area contributed by atoms with Crippen LogP contribution in [0.2, 0.25) is 0 Å². The molecule has 0 unspecified atom stereocenters. The molecule has 0 heterocycles. The molecule has 1 amide bonds. The summed E-state index contributed by atoms with van der Waals surface area (Å²) in [5.74, 6) is 0.140. The smallest absolute Gasteiger partial charge is 0.211 e. The highest BCUT2D eigenvalue weighted by Crippen LogP contribution is 2.31. The van der Waals surface area contributed by atoms with Gasteiger partial charge < -0.3 is 10.1 Å². The van der Waals surface area contributed by atoms with Crippen molar-refractivity contribution in [3.8, 4) is 16.9 Å². The van der Waals surface area contributed by atoms with Gasteiger partial charge in [0.15, 0.2) is 0 Å². The maximum Gasteiger partial charge on any atom is 0.211 e. The lowest BCUT2D eigenvalue weighted by atomic mass is 10.0. The highest BCUT2D eigenvalue weighted by molar-refractivity contribution is 5.75. The van der Waals surface area contributed by atoms with Gasteiger partial charge in [0.25, 0.3) is 0 Å². The summed E-state index contributed by atoms with van der Waals surface area (Å²) in [6, 6.07) is 11.6. The fourth-order valence-electron chi connectivity index (χ4n) is 1.72. The third-order valence-electron chi connectivity index (χ3n) is 2.59. The molecule has 18 heavy (non-hydrogen) atoms. The molecule has 0 radical (unpaired) electrons. The number of carbonyl (C=O) groups is 1. The van der Waals surface area contributed by atoms with Crippen molar-refractivity contribution in [3.05, 3.63) is 48.3 Å². The standard InChI is InChI=1S/C14H12FNO2/c1-18-14-8-11(15)4-7-13(14)10-2-5-12(6-3-10)16-9-17/h2-9H,1H3,(H,16,17). The molecule has 0 bridgehead atoms. The molecule has 0 aliphatic carbocycles. The van der Waals surface area contributed by atoms with Crippen LogP contribution in [0.1, 0.15) is 0 Å². The van der Waals surface area contributed by atoms with Crippen LogP contribution in [-0.4, -0.2) is 13.5 Å². The minimum Gasteiger partial charge on any atom is -0.496 e. The van der Waals surface area contributed by atoms with E-state index in [1.165, 1.54) is 19.2 Å². The van der Waals surface area contributed by atoms with E-state index in [0.717, 1.165) is 11.1 Å². The van der Waals surface area contributed by atoms with Gasteiger partial charge in [-0.1, -0.05) is 12.1 Å². The summed E-state index contributed by atoms with van der Waals surface area (Å²) in [5.41, 5.74) is 2.40. The first-order valence-electron chi connectivity index (χ1n) is 5.39. The number of anilines is 1. The monoisotopic (exact) mass is 245 g/mol. The van der Waals surface area contributed by atoms with Gasteiger partial charge in [0, 0.05) is 17.3 Å². The number of benzene rings is 2. The van der Waals surface area contributed by atoms with Crippen molar-refractivity contribution in [2.75, 3.05) is 12.4 Å². The summed E-state index contributed by atoms with van der Waals surface area (Å²) in [6.45, 7) is 0. The van der Waals surface area contributed by atoms with Crippen LogP contribution >= 0.6 is 0 Å². The van der Waals surface area contributed by atoms with Crippen molar-refractivity contribution in [1.29, 1.82) is 0 Å². The lowest BCUT2D eigenvalue weighted by molar-refractivity contribution is -0.105. The Hall–Kier alpha value is -2.36. The fraction of sp³-hybridized carbons (Fsp3) is 0.0714. The van der Waals surface area contributed by atoms with Crippen molar-refractivity contribution in [1.82, 2.24) is 0 Å². The quantitative estimate of drug-likeness (QED) is 0.841. The second-order valence-corrected chi connectivity index (χ2v) is 3.68. The molecule has 1 N–H and O–H groups in total. The van der Waals surface area contributed by atoms with Crippen LogP contribution < -0.4 is 10.1 Å². The molecular formula is C14H12FNO2. The van der Waals surface area contributed by atoms with Crippen LogP contribution in [0.3, 0.4) is 0 Å². The molecule has 0 spiro atoms. The maximum absolute atomic E-state index is 13.1. The fourth-order valence-corrected chi connectivity index (χ4v) is 1.72. The first-order chi connectivity index (χ1) is 8.74. The number of rotatable bonds is 4. The van der Waals surface area contributed by atoms with Gasteiger partial charge in [-0.15, -0.1) is 0 Å². The second-order valence-electron chi connectivity index (χ2n) is 3.68. The highest BCUT2D eigenvalue weighted by Gasteiger charge is 2.06.